The summed E-state index contributed by atoms with van der Waals surface area (Å²) >= 11 is 0. The molecule has 1 aromatic carbocycles. The number of benzene rings is 1. The van der Waals surface area contributed by atoms with Gasteiger partial charge in [0.2, 0.25) is 12.2 Å². The lowest BCUT2D eigenvalue weighted by Crippen LogP contribution is -2.40. The molecule has 2 aliphatic rings. The van der Waals surface area contributed by atoms with Crippen molar-refractivity contribution in [2.24, 2.45) is 0 Å². The molecule has 1 saturated heterocycles. The second kappa shape index (κ2) is 17.3. The smallest absolute Gasteiger partial charge is 0.288 e. The topological polar surface area (TPSA) is 127 Å². The van der Waals surface area contributed by atoms with Crippen molar-refractivity contribution in [1.82, 2.24) is 9.47 Å². The Bertz CT molecular complexity index is 1150. The number of aliphatic hydroxyl groups excluding tert-OH is 1. The predicted octanol–water partition coefficient (Wildman–Crippen LogP) is 1.95. The Kier molecular flexibility index (Phi) is 13.2. The molecule has 0 spiro atoms. The maximum Gasteiger partial charge on any atom is 0.288 e. The van der Waals surface area contributed by atoms with Gasteiger partial charge in [-0.25, -0.2) is 0 Å². The zero-order chi connectivity index (χ0) is 29.6. The van der Waals surface area contributed by atoms with E-state index in [-0.39, 0.29) is 49.9 Å². The van der Waals surface area contributed by atoms with Gasteiger partial charge in [0, 0.05) is 43.9 Å². The summed E-state index contributed by atoms with van der Waals surface area (Å²) in [4.78, 5) is 27.9. The molecule has 1 amide bonds. The van der Waals surface area contributed by atoms with E-state index in [9.17, 15) is 9.59 Å². The van der Waals surface area contributed by atoms with Gasteiger partial charge in [-0.1, -0.05) is 18.2 Å². The van der Waals surface area contributed by atoms with Crippen LogP contribution in [0.1, 0.15) is 29.6 Å². The molecule has 2 aromatic rings. The summed E-state index contributed by atoms with van der Waals surface area (Å²) in [5.74, 6) is -0.492. The largest absolute Gasteiger partial charge is 0.459 e. The Morgan fingerprint density at radius 3 is 2.19 bits per heavy atom. The first-order chi connectivity index (χ1) is 20.6. The van der Waals surface area contributed by atoms with Crippen LogP contribution >= 0.6 is 0 Å². The van der Waals surface area contributed by atoms with E-state index >= 15 is 0 Å². The van der Waals surface area contributed by atoms with Crippen molar-refractivity contribution >= 4 is 22.7 Å². The first-order valence-electron chi connectivity index (χ1n) is 14.5. The lowest BCUT2D eigenvalue weighted by molar-refractivity contribution is -0.157. The van der Waals surface area contributed by atoms with Gasteiger partial charge in [-0.05, 0) is 17.7 Å². The molecule has 1 fully saturated rings. The summed E-state index contributed by atoms with van der Waals surface area (Å²) in [6.45, 7) is 6.18. The Balaban J connectivity index is 1.55. The van der Waals surface area contributed by atoms with Crippen LogP contribution in [-0.4, -0.2) is 125 Å². The third-order valence-electron chi connectivity index (χ3n) is 6.93. The van der Waals surface area contributed by atoms with Crippen LogP contribution in [0.15, 0.2) is 42.3 Å². The number of ether oxygens (including phenoxy) is 7. The fourth-order valence-corrected chi connectivity index (χ4v) is 4.88. The van der Waals surface area contributed by atoms with Gasteiger partial charge in [0.1, 0.15) is 0 Å². The van der Waals surface area contributed by atoms with E-state index in [1.807, 2.05) is 36.5 Å². The van der Waals surface area contributed by atoms with Crippen LogP contribution in [-0.2, 0) is 38.0 Å². The first-order valence-corrected chi connectivity index (χ1v) is 14.5. The van der Waals surface area contributed by atoms with Crippen LogP contribution in [0.25, 0.3) is 10.9 Å². The Morgan fingerprint density at radius 1 is 0.905 bits per heavy atom. The third-order valence-corrected chi connectivity index (χ3v) is 6.93. The lowest BCUT2D eigenvalue weighted by atomic mass is 9.92. The highest BCUT2D eigenvalue weighted by atomic mass is 16.7. The van der Waals surface area contributed by atoms with E-state index in [1.54, 1.807) is 9.47 Å². The van der Waals surface area contributed by atoms with E-state index in [1.165, 1.54) is 6.92 Å². The molecule has 0 aliphatic carbocycles. The lowest BCUT2D eigenvalue weighted by Gasteiger charge is -2.31. The Hall–Kier alpha value is -2.84. The molecule has 2 aliphatic heterocycles. The average Bonchev–Trinajstić information content (AvgIpc) is 3.39. The molecule has 3 heterocycles. The van der Waals surface area contributed by atoms with E-state index in [4.69, 9.17) is 38.3 Å². The van der Waals surface area contributed by atoms with Crippen molar-refractivity contribution in [3.8, 4) is 0 Å². The quantitative estimate of drug-likeness (QED) is 0.456. The van der Waals surface area contributed by atoms with E-state index in [0.29, 0.717) is 72.4 Å². The number of rotatable bonds is 8. The Labute approximate surface area is 246 Å². The highest BCUT2D eigenvalue weighted by molar-refractivity contribution is 5.95. The van der Waals surface area contributed by atoms with Crippen LogP contribution in [0.3, 0.4) is 0 Å². The minimum atomic E-state index is -0.721. The normalized spacial score (nSPS) is 21.7. The second-order valence-corrected chi connectivity index (χ2v) is 9.86. The second-order valence-electron chi connectivity index (χ2n) is 9.86. The standard InChI is InChI=1S/C30H42N2O10/c1-23(34)32-22-26(25-4-2-3-5-27(25)32)24-20-28(42-29(21-24)41-19-18-38-11-8-33)30(35)31-6-9-36-12-14-39-16-17-40-15-13-37-10-7-31/h2-5,20,22,24,29,33H,6-19,21H2,1H3/t24-,29+/m1/s1. The SMILES string of the molecule is CC(=O)n1cc([C@@H]2C=C(C(=O)N3CCOCCOCCOCCOCC3)O[C@H](OCCOCCO)C2)c2ccccc21. The Morgan fingerprint density at radius 2 is 1.55 bits per heavy atom. The first kappa shape index (κ1) is 32.1. The van der Waals surface area contributed by atoms with Crippen molar-refractivity contribution < 1.29 is 47.9 Å². The molecule has 12 nitrogen and oxygen atoms in total. The maximum absolute atomic E-state index is 13.9. The minimum absolute atomic E-state index is 0.0765. The molecule has 1 N–H and O–H groups in total. The zero-order valence-electron chi connectivity index (χ0n) is 24.2. The van der Waals surface area contributed by atoms with E-state index in [2.05, 4.69) is 0 Å². The van der Waals surface area contributed by atoms with Crippen molar-refractivity contribution in [3.05, 3.63) is 47.9 Å². The molecule has 1 aromatic heterocycles. The molecular formula is C30H42N2O10. The number of hydrogen-bond donors (Lipinski definition) is 1. The summed E-state index contributed by atoms with van der Waals surface area (Å²) in [5, 5.41) is 9.89. The van der Waals surface area contributed by atoms with Crippen LogP contribution < -0.4 is 0 Å². The van der Waals surface area contributed by atoms with Gasteiger partial charge in [-0.2, -0.15) is 0 Å². The summed E-state index contributed by atoms with van der Waals surface area (Å²) in [6, 6.07) is 7.69. The molecule has 42 heavy (non-hydrogen) atoms. The van der Waals surface area contributed by atoms with Gasteiger partial charge in [-0.15, -0.1) is 0 Å². The van der Waals surface area contributed by atoms with Gasteiger partial charge < -0.3 is 43.2 Å². The number of carbonyl (C=O) groups is 2. The van der Waals surface area contributed by atoms with Gasteiger partial charge in [0.05, 0.1) is 84.8 Å². The number of allylic oxidation sites excluding steroid dienone is 1. The number of para-hydroxylation sites is 1. The molecule has 12 heteroatoms. The van der Waals surface area contributed by atoms with Crippen LogP contribution in [0, 0.1) is 0 Å². The molecule has 0 unspecified atom stereocenters. The number of aliphatic hydroxyl groups is 1. The number of hydrogen-bond acceptors (Lipinski definition) is 10. The summed E-state index contributed by atoms with van der Waals surface area (Å²) in [6.07, 6.45) is 3.37. The van der Waals surface area contributed by atoms with Gasteiger partial charge in [0.25, 0.3) is 5.91 Å². The van der Waals surface area contributed by atoms with E-state index < -0.39 is 6.29 Å². The van der Waals surface area contributed by atoms with Crippen LogP contribution in [0.4, 0.5) is 0 Å². The number of aromatic nitrogens is 1. The van der Waals surface area contributed by atoms with Crippen molar-refractivity contribution in [2.75, 3.05) is 92.4 Å². The zero-order valence-corrected chi connectivity index (χ0v) is 24.2. The van der Waals surface area contributed by atoms with Gasteiger partial charge in [0.15, 0.2) is 5.76 Å². The molecule has 0 radical (unpaired) electrons. The molecular weight excluding hydrogens is 548 g/mol. The minimum Gasteiger partial charge on any atom is -0.459 e. The predicted molar refractivity (Wildman–Crippen MR) is 152 cm³/mol. The van der Waals surface area contributed by atoms with Crippen molar-refractivity contribution in [3.63, 3.8) is 0 Å². The number of carbonyl (C=O) groups excluding carboxylic acids is 2. The number of nitrogens with zero attached hydrogens (tertiary/aromatic N) is 2. The van der Waals surface area contributed by atoms with Crippen LogP contribution in [0.5, 0.6) is 0 Å². The van der Waals surface area contributed by atoms with Gasteiger partial charge >= 0.3 is 0 Å². The molecule has 232 valence electrons. The van der Waals surface area contributed by atoms with E-state index in [0.717, 1.165) is 16.5 Å². The molecule has 4 rings (SSSR count). The fourth-order valence-electron chi connectivity index (χ4n) is 4.88. The fraction of sp³-hybridized carbons (Fsp3) is 0.600. The number of fused-ring (bicyclic) bond motifs is 1. The molecule has 2 atom stereocenters. The summed E-state index contributed by atoms with van der Waals surface area (Å²) < 4.78 is 41.4. The van der Waals surface area contributed by atoms with Crippen molar-refractivity contribution in [1.29, 1.82) is 0 Å². The van der Waals surface area contributed by atoms with Crippen LogP contribution in [0.2, 0.25) is 0 Å². The third kappa shape index (κ3) is 9.33. The highest BCUT2D eigenvalue weighted by Crippen LogP contribution is 2.36. The highest BCUT2D eigenvalue weighted by Gasteiger charge is 2.32. The maximum atomic E-state index is 13.9. The van der Waals surface area contributed by atoms with Crippen molar-refractivity contribution in [2.45, 2.75) is 25.6 Å². The molecule has 0 saturated carbocycles. The number of amides is 1. The summed E-state index contributed by atoms with van der Waals surface area (Å²) in [5.41, 5.74) is 1.71. The molecule has 0 bridgehead atoms. The summed E-state index contributed by atoms with van der Waals surface area (Å²) in [7, 11) is 0. The van der Waals surface area contributed by atoms with Gasteiger partial charge in [-0.3, -0.25) is 14.2 Å². The monoisotopic (exact) mass is 590 g/mol. The average molecular weight is 591 g/mol.